The maximum absolute atomic E-state index is 10.7. The highest BCUT2D eigenvalue weighted by Gasteiger charge is 1.93. The molecule has 1 aromatic rings. The van der Waals surface area contributed by atoms with Crippen LogP contribution in [0.15, 0.2) is 36.4 Å². The van der Waals surface area contributed by atoms with Gasteiger partial charge in [0, 0.05) is 11.6 Å². The first-order valence-corrected chi connectivity index (χ1v) is 4.55. The Morgan fingerprint density at radius 2 is 2.00 bits per heavy atom. The van der Waals surface area contributed by atoms with Gasteiger partial charge >= 0.3 is 5.97 Å². The number of allylic oxidation sites excluding steroid dienone is 1. The molecular formula is C12H12O3. The fraction of sp³-hybridized carbons (Fsp3) is 0.167. The topological polar surface area (TPSA) is 43.4 Å². The Labute approximate surface area is 88.4 Å². The van der Waals surface area contributed by atoms with Crippen LogP contribution in [0, 0.1) is 0 Å². The van der Waals surface area contributed by atoms with Gasteiger partial charge in [-0.15, -0.1) is 0 Å². The molecule has 0 atom stereocenters. The molecule has 15 heavy (non-hydrogen) atoms. The Morgan fingerprint density at radius 1 is 1.33 bits per heavy atom. The molecule has 1 aromatic carbocycles. The number of hydrogen-bond donors (Lipinski definition) is 0. The molecule has 1 rings (SSSR count). The molecule has 0 spiro atoms. The summed E-state index contributed by atoms with van der Waals surface area (Å²) in [6, 6.07) is 7.19. The zero-order chi connectivity index (χ0) is 11.1. The molecular weight excluding hydrogens is 192 g/mol. The molecule has 0 aliphatic heterocycles. The zero-order valence-corrected chi connectivity index (χ0v) is 8.47. The lowest BCUT2D eigenvalue weighted by Gasteiger charge is -1.96. The largest absolute Gasteiger partial charge is 0.466 e. The van der Waals surface area contributed by atoms with Crippen molar-refractivity contribution in [1.29, 1.82) is 0 Å². The predicted octanol–water partition coefficient (Wildman–Crippen LogP) is 1.77. The molecule has 3 heteroatoms. The standard InChI is InChI=1S/C12H12O3/c1-15-12(14)4-2-3-10-5-7-11(9-13)8-6-10/h2,4-9H,3H2,1H3. The van der Waals surface area contributed by atoms with Crippen molar-refractivity contribution in [3.63, 3.8) is 0 Å². The van der Waals surface area contributed by atoms with E-state index in [1.54, 1.807) is 18.2 Å². The highest BCUT2D eigenvalue weighted by atomic mass is 16.5. The van der Waals surface area contributed by atoms with E-state index in [-0.39, 0.29) is 5.97 Å². The number of rotatable bonds is 4. The van der Waals surface area contributed by atoms with E-state index < -0.39 is 0 Å². The Morgan fingerprint density at radius 3 is 2.53 bits per heavy atom. The second-order valence-electron chi connectivity index (χ2n) is 2.99. The van der Waals surface area contributed by atoms with E-state index in [9.17, 15) is 9.59 Å². The van der Waals surface area contributed by atoms with Crippen LogP contribution in [0.1, 0.15) is 15.9 Å². The van der Waals surface area contributed by atoms with Gasteiger partial charge in [0.2, 0.25) is 0 Å². The maximum atomic E-state index is 10.7. The fourth-order valence-corrected chi connectivity index (χ4v) is 1.09. The Bertz CT molecular complexity index is 363. The third-order valence-corrected chi connectivity index (χ3v) is 1.92. The monoisotopic (exact) mass is 204 g/mol. The van der Waals surface area contributed by atoms with Crippen molar-refractivity contribution < 1.29 is 14.3 Å². The van der Waals surface area contributed by atoms with E-state index in [2.05, 4.69) is 4.74 Å². The van der Waals surface area contributed by atoms with E-state index in [1.165, 1.54) is 13.2 Å². The molecule has 0 N–H and O–H groups in total. The number of carbonyl (C=O) groups is 2. The van der Waals surface area contributed by atoms with E-state index in [0.717, 1.165) is 11.8 Å². The van der Waals surface area contributed by atoms with Gasteiger partial charge in [-0.25, -0.2) is 4.79 Å². The minimum atomic E-state index is -0.362. The first-order chi connectivity index (χ1) is 7.26. The van der Waals surface area contributed by atoms with Crippen molar-refractivity contribution >= 4 is 12.3 Å². The number of carbonyl (C=O) groups excluding carboxylic acids is 2. The third kappa shape index (κ3) is 3.77. The third-order valence-electron chi connectivity index (χ3n) is 1.92. The summed E-state index contributed by atoms with van der Waals surface area (Å²) in [4.78, 5) is 21.1. The van der Waals surface area contributed by atoms with Gasteiger partial charge in [0.15, 0.2) is 0 Å². The first kappa shape index (κ1) is 11.2. The van der Waals surface area contributed by atoms with Crippen LogP contribution in [0.2, 0.25) is 0 Å². The lowest BCUT2D eigenvalue weighted by Crippen LogP contribution is -1.94. The number of methoxy groups -OCH3 is 1. The minimum absolute atomic E-state index is 0.362. The Balaban J connectivity index is 2.54. The molecule has 0 fully saturated rings. The summed E-state index contributed by atoms with van der Waals surface area (Å²) >= 11 is 0. The Kier molecular flexibility index (Phi) is 4.29. The van der Waals surface area contributed by atoms with Gasteiger partial charge in [-0.2, -0.15) is 0 Å². The normalized spacial score (nSPS) is 10.2. The van der Waals surface area contributed by atoms with Crippen LogP contribution in [0.3, 0.4) is 0 Å². The first-order valence-electron chi connectivity index (χ1n) is 4.55. The van der Waals surface area contributed by atoms with E-state index in [4.69, 9.17) is 0 Å². The van der Waals surface area contributed by atoms with Crippen molar-refractivity contribution in [3.8, 4) is 0 Å². The number of ether oxygens (including phenoxy) is 1. The van der Waals surface area contributed by atoms with Crippen LogP contribution >= 0.6 is 0 Å². The van der Waals surface area contributed by atoms with Crippen molar-refractivity contribution in [2.24, 2.45) is 0 Å². The van der Waals surface area contributed by atoms with Crippen LogP contribution in [0.4, 0.5) is 0 Å². The molecule has 78 valence electrons. The molecule has 0 bridgehead atoms. The van der Waals surface area contributed by atoms with E-state index in [0.29, 0.717) is 12.0 Å². The second-order valence-corrected chi connectivity index (χ2v) is 2.99. The summed E-state index contributed by atoms with van der Waals surface area (Å²) in [5.74, 6) is -0.362. The van der Waals surface area contributed by atoms with Gasteiger partial charge in [0.25, 0.3) is 0 Å². The molecule has 3 nitrogen and oxygen atoms in total. The lowest BCUT2D eigenvalue weighted by molar-refractivity contribution is -0.134. The van der Waals surface area contributed by atoms with Crippen LogP contribution in [-0.2, 0) is 16.0 Å². The smallest absolute Gasteiger partial charge is 0.330 e. The molecule has 0 unspecified atom stereocenters. The summed E-state index contributed by atoms with van der Waals surface area (Å²) in [5.41, 5.74) is 1.69. The summed E-state index contributed by atoms with van der Waals surface area (Å²) in [7, 11) is 1.34. The molecule has 0 radical (unpaired) electrons. The highest BCUT2D eigenvalue weighted by molar-refractivity contribution is 5.81. The van der Waals surface area contributed by atoms with E-state index in [1.807, 2.05) is 12.1 Å². The Hall–Kier alpha value is -1.90. The number of aldehydes is 1. The number of hydrogen-bond acceptors (Lipinski definition) is 3. The average Bonchev–Trinajstić information content (AvgIpc) is 2.29. The second kappa shape index (κ2) is 5.75. The van der Waals surface area contributed by atoms with Crippen molar-refractivity contribution in [2.45, 2.75) is 6.42 Å². The average molecular weight is 204 g/mol. The van der Waals surface area contributed by atoms with Crippen molar-refractivity contribution in [1.82, 2.24) is 0 Å². The highest BCUT2D eigenvalue weighted by Crippen LogP contribution is 2.03. The van der Waals surface area contributed by atoms with Gasteiger partial charge < -0.3 is 4.74 Å². The summed E-state index contributed by atoms with van der Waals surface area (Å²) in [6.45, 7) is 0. The molecule has 0 saturated heterocycles. The van der Waals surface area contributed by atoms with Gasteiger partial charge in [-0.1, -0.05) is 30.3 Å². The van der Waals surface area contributed by atoms with Crippen LogP contribution < -0.4 is 0 Å². The summed E-state index contributed by atoms with van der Waals surface area (Å²) in [5, 5.41) is 0. The number of esters is 1. The quantitative estimate of drug-likeness (QED) is 0.426. The molecule has 0 aliphatic rings. The molecule has 0 aromatic heterocycles. The molecule has 0 aliphatic carbocycles. The molecule has 0 amide bonds. The van der Waals surface area contributed by atoms with Crippen molar-refractivity contribution in [3.05, 3.63) is 47.5 Å². The van der Waals surface area contributed by atoms with Gasteiger partial charge in [-0.05, 0) is 12.0 Å². The van der Waals surface area contributed by atoms with Gasteiger partial charge in [-0.3, -0.25) is 4.79 Å². The number of benzene rings is 1. The lowest BCUT2D eigenvalue weighted by atomic mass is 10.1. The van der Waals surface area contributed by atoms with Crippen LogP contribution in [0.25, 0.3) is 0 Å². The summed E-state index contributed by atoms with van der Waals surface area (Å²) < 4.78 is 4.45. The van der Waals surface area contributed by atoms with Gasteiger partial charge in [0.1, 0.15) is 6.29 Å². The van der Waals surface area contributed by atoms with Crippen LogP contribution in [0.5, 0.6) is 0 Å². The fourth-order valence-electron chi connectivity index (χ4n) is 1.09. The van der Waals surface area contributed by atoms with E-state index >= 15 is 0 Å². The maximum Gasteiger partial charge on any atom is 0.330 e. The molecule has 0 saturated carbocycles. The summed E-state index contributed by atoms with van der Waals surface area (Å²) in [6.07, 6.45) is 4.55. The van der Waals surface area contributed by atoms with Crippen molar-refractivity contribution in [2.75, 3.05) is 7.11 Å². The SMILES string of the molecule is COC(=O)C=CCc1ccc(C=O)cc1. The van der Waals surface area contributed by atoms with Gasteiger partial charge in [0.05, 0.1) is 7.11 Å². The predicted molar refractivity (Wildman–Crippen MR) is 56.7 cm³/mol. The minimum Gasteiger partial charge on any atom is -0.466 e. The molecule has 0 heterocycles. The zero-order valence-electron chi connectivity index (χ0n) is 8.47. The van der Waals surface area contributed by atoms with Crippen LogP contribution in [-0.4, -0.2) is 19.4 Å².